The Morgan fingerprint density at radius 3 is 2.58 bits per heavy atom. The summed E-state index contributed by atoms with van der Waals surface area (Å²) in [7, 11) is 2.13. The van der Waals surface area contributed by atoms with E-state index in [0.717, 1.165) is 24.1 Å². The van der Waals surface area contributed by atoms with E-state index < -0.39 is 0 Å². The molecule has 0 spiro atoms. The van der Waals surface area contributed by atoms with E-state index in [4.69, 9.17) is 4.42 Å². The fraction of sp³-hybridized carbons (Fsp3) is 0.130. The molecule has 26 heavy (non-hydrogen) atoms. The molecule has 3 aromatic carbocycles. The topological polar surface area (TPSA) is 16.4 Å². The van der Waals surface area contributed by atoms with Crippen LogP contribution >= 0.6 is 12.4 Å². The van der Waals surface area contributed by atoms with Crippen LogP contribution < -0.4 is 0 Å². The number of halogens is 1. The second-order valence-corrected chi connectivity index (χ2v) is 6.42. The van der Waals surface area contributed by atoms with E-state index in [1.165, 1.54) is 21.9 Å². The minimum absolute atomic E-state index is 0. The first-order valence-corrected chi connectivity index (χ1v) is 8.59. The third-order valence-corrected chi connectivity index (χ3v) is 4.54. The maximum Gasteiger partial charge on any atom is 0.138 e. The van der Waals surface area contributed by atoms with Crippen LogP contribution in [0.25, 0.3) is 27.8 Å². The molecule has 1 heterocycles. The second kappa shape index (κ2) is 8.22. The fourth-order valence-corrected chi connectivity index (χ4v) is 3.29. The van der Waals surface area contributed by atoms with E-state index in [-0.39, 0.29) is 12.4 Å². The average molecular weight is 364 g/mol. The highest BCUT2D eigenvalue weighted by molar-refractivity contribution is 5.90. The van der Waals surface area contributed by atoms with Crippen LogP contribution in [0.5, 0.6) is 0 Å². The molecule has 0 aliphatic heterocycles. The van der Waals surface area contributed by atoms with E-state index in [2.05, 4.69) is 84.8 Å². The summed E-state index contributed by atoms with van der Waals surface area (Å²) in [5.74, 6) is 0. The van der Waals surface area contributed by atoms with E-state index in [1.54, 1.807) is 6.26 Å². The van der Waals surface area contributed by atoms with E-state index in [0.29, 0.717) is 0 Å². The zero-order valence-corrected chi connectivity index (χ0v) is 15.6. The van der Waals surface area contributed by atoms with Crippen molar-refractivity contribution in [2.24, 2.45) is 0 Å². The molecule has 0 unspecified atom stereocenters. The zero-order valence-electron chi connectivity index (χ0n) is 14.8. The molecule has 0 fully saturated rings. The predicted octanol–water partition coefficient (Wildman–Crippen LogP) is 6.15. The van der Waals surface area contributed by atoms with Gasteiger partial charge in [-0.3, -0.25) is 4.90 Å². The Balaban J connectivity index is 0.00000196. The lowest BCUT2D eigenvalue weighted by atomic mass is 10.0. The lowest BCUT2D eigenvalue weighted by Crippen LogP contribution is -2.17. The van der Waals surface area contributed by atoms with Crippen LogP contribution in [0.3, 0.4) is 0 Å². The highest BCUT2D eigenvalue weighted by Crippen LogP contribution is 2.21. The first-order chi connectivity index (χ1) is 12.3. The summed E-state index contributed by atoms with van der Waals surface area (Å²) in [5, 5.41) is 3.74. The minimum atomic E-state index is 0. The number of likely N-dealkylation sites (N-methyl/N-ethyl adjacent to an activating group) is 1. The molecule has 4 rings (SSSR count). The van der Waals surface area contributed by atoms with Crippen LogP contribution in [0.2, 0.25) is 0 Å². The largest absolute Gasteiger partial charge is 0.464 e. The molecule has 0 saturated carbocycles. The molecule has 0 amide bonds. The molecule has 132 valence electrons. The van der Waals surface area contributed by atoms with Gasteiger partial charge in [-0.25, -0.2) is 0 Å². The van der Waals surface area contributed by atoms with E-state index in [9.17, 15) is 0 Å². The quantitative estimate of drug-likeness (QED) is 0.422. The van der Waals surface area contributed by atoms with Gasteiger partial charge in [0.2, 0.25) is 0 Å². The number of rotatable bonds is 5. The van der Waals surface area contributed by atoms with Crippen molar-refractivity contribution in [3.63, 3.8) is 0 Å². The van der Waals surface area contributed by atoms with Gasteiger partial charge in [0.1, 0.15) is 5.58 Å². The molecule has 0 saturated heterocycles. The summed E-state index contributed by atoms with van der Waals surface area (Å²) in [5.41, 5.74) is 3.48. The summed E-state index contributed by atoms with van der Waals surface area (Å²) >= 11 is 0. The summed E-state index contributed by atoms with van der Waals surface area (Å²) in [6, 6.07) is 23.3. The fourth-order valence-electron chi connectivity index (χ4n) is 3.29. The van der Waals surface area contributed by atoms with Crippen LogP contribution in [-0.2, 0) is 6.54 Å². The molecule has 4 aromatic rings. The molecular weight excluding hydrogens is 342 g/mol. The molecule has 0 aliphatic carbocycles. The van der Waals surface area contributed by atoms with Crippen molar-refractivity contribution in [3.05, 3.63) is 90.2 Å². The van der Waals surface area contributed by atoms with Crippen LogP contribution in [0, 0.1) is 0 Å². The first kappa shape index (κ1) is 18.2. The Kier molecular flexibility index (Phi) is 5.77. The Hall–Kier alpha value is -2.55. The van der Waals surface area contributed by atoms with Gasteiger partial charge in [0.05, 0.1) is 6.26 Å². The van der Waals surface area contributed by atoms with Crippen LogP contribution in [0.1, 0.15) is 11.1 Å². The summed E-state index contributed by atoms with van der Waals surface area (Å²) in [6.45, 7) is 1.76. The Morgan fingerprint density at radius 1 is 0.885 bits per heavy atom. The molecular formula is C23H22ClNO. The Morgan fingerprint density at radius 2 is 1.65 bits per heavy atom. The molecule has 2 nitrogen and oxygen atoms in total. The minimum Gasteiger partial charge on any atom is -0.464 e. The number of benzene rings is 3. The van der Waals surface area contributed by atoms with Gasteiger partial charge in [-0.2, -0.15) is 0 Å². The van der Waals surface area contributed by atoms with Crippen molar-refractivity contribution >= 4 is 40.2 Å². The van der Waals surface area contributed by atoms with Gasteiger partial charge in [-0.15, -0.1) is 12.4 Å². The van der Waals surface area contributed by atoms with Gasteiger partial charge < -0.3 is 4.42 Å². The Bertz CT molecular complexity index is 1030. The van der Waals surface area contributed by atoms with E-state index >= 15 is 0 Å². The number of nitrogens with zero attached hydrogens (tertiary/aromatic N) is 1. The van der Waals surface area contributed by atoms with Crippen molar-refractivity contribution in [3.8, 4) is 0 Å². The molecule has 0 atom stereocenters. The maximum atomic E-state index is 5.63. The van der Waals surface area contributed by atoms with Crippen LogP contribution in [-0.4, -0.2) is 18.5 Å². The second-order valence-electron chi connectivity index (χ2n) is 6.42. The maximum absolute atomic E-state index is 5.63. The lowest BCUT2D eigenvalue weighted by Gasteiger charge is -2.14. The normalized spacial score (nSPS) is 11.5. The molecule has 0 N–H and O–H groups in total. The summed E-state index contributed by atoms with van der Waals surface area (Å²) in [4.78, 5) is 2.29. The molecule has 1 aromatic heterocycles. The molecule has 3 heteroatoms. The number of fused-ring (bicyclic) bond motifs is 2. The van der Waals surface area contributed by atoms with Crippen LogP contribution in [0.15, 0.2) is 83.5 Å². The van der Waals surface area contributed by atoms with Crippen molar-refractivity contribution in [1.29, 1.82) is 0 Å². The highest BCUT2D eigenvalue weighted by Gasteiger charge is 2.06. The van der Waals surface area contributed by atoms with E-state index in [1.807, 2.05) is 6.07 Å². The number of para-hydroxylation sites is 1. The predicted molar refractivity (Wildman–Crippen MR) is 113 cm³/mol. The van der Waals surface area contributed by atoms with Gasteiger partial charge in [-0.05, 0) is 29.4 Å². The Labute approximate surface area is 160 Å². The average Bonchev–Trinajstić information content (AvgIpc) is 3.12. The number of hydrogen-bond donors (Lipinski definition) is 0. The summed E-state index contributed by atoms with van der Waals surface area (Å²) in [6.07, 6.45) is 6.20. The van der Waals surface area contributed by atoms with Gasteiger partial charge in [0, 0.05) is 24.0 Å². The summed E-state index contributed by atoms with van der Waals surface area (Å²) < 4.78 is 5.63. The smallest absolute Gasteiger partial charge is 0.138 e. The third kappa shape index (κ3) is 3.82. The first-order valence-electron chi connectivity index (χ1n) is 8.59. The monoisotopic (exact) mass is 363 g/mol. The van der Waals surface area contributed by atoms with Gasteiger partial charge in [0.15, 0.2) is 0 Å². The highest BCUT2D eigenvalue weighted by atomic mass is 35.5. The van der Waals surface area contributed by atoms with Gasteiger partial charge in [-0.1, -0.05) is 72.8 Å². The molecule has 0 radical (unpaired) electrons. The number of furan rings is 1. The SMILES string of the molecule is CN(C/C=C/c1cccc2ccccc12)Cc1cccc2ccoc12.Cl. The van der Waals surface area contributed by atoms with Gasteiger partial charge >= 0.3 is 0 Å². The zero-order chi connectivity index (χ0) is 17.1. The van der Waals surface area contributed by atoms with Crippen molar-refractivity contribution in [1.82, 2.24) is 4.90 Å². The lowest BCUT2D eigenvalue weighted by molar-refractivity contribution is 0.363. The van der Waals surface area contributed by atoms with Crippen molar-refractivity contribution in [2.45, 2.75) is 6.54 Å². The van der Waals surface area contributed by atoms with Gasteiger partial charge in [0.25, 0.3) is 0 Å². The molecule has 0 bridgehead atoms. The van der Waals surface area contributed by atoms with Crippen molar-refractivity contribution < 1.29 is 4.42 Å². The molecule has 0 aliphatic rings. The van der Waals surface area contributed by atoms with Crippen LogP contribution in [0.4, 0.5) is 0 Å². The number of hydrogen-bond acceptors (Lipinski definition) is 2. The van der Waals surface area contributed by atoms with Crippen molar-refractivity contribution in [2.75, 3.05) is 13.6 Å². The standard InChI is InChI=1S/C23H21NO.ClH/c1-24(17-21-11-5-10-20-14-16-25-23(20)21)15-6-12-19-9-4-8-18-7-2-3-13-22(18)19;/h2-14,16H,15,17H2,1H3;1H/b12-6+;. The third-order valence-electron chi connectivity index (χ3n) is 4.54.